The molecule has 0 heterocycles. The number of hydrogen-bond donors (Lipinski definition) is 2. The molecule has 0 aliphatic rings. The molecule has 0 saturated carbocycles. The van der Waals surface area contributed by atoms with Gasteiger partial charge in [-0.3, -0.25) is 4.79 Å². The van der Waals surface area contributed by atoms with Crippen LogP contribution in [0.4, 0.5) is 0 Å². The maximum atomic E-state index is 11.0. The fraction of sp³-hybridized carbons (Fsp3) is 0.714. The first-order chi connectivity index (χ1) is 5.57. The zero-order valence-corrected chi connectivity index (χ0v) is 8.11. The van der Waals surface area contributed by atoms with E-state index in [1.165, 1.54) is 0 Å². The summed E-state index contributed by atoms with van der Waals surface area (Å²) in [6.07, 6.45) is 0. The van der Waals surface area contributed by atoms with Crippen molar-refractivity contribution in [2.75, 3.05) is 13.2 Å². The lowest BCUT2D eigenvalue weighted by Crippen LogP contribution is -2.42. The van der Waals surface area contributed by atoms with Crippen molar-refractivity contribution in [1.29, 1.82) is 0 Å². The van der Waals surface area contributed by atoms with Gasteiger partial charge in [0.2, 0.25) is 5.91 Å². The molecule has 1 amide bonds. The Kier molecular flexibility index (Phi) is 5.57. The predicted octanol–water partition coefficient (Wildman–Crippen LogP) is -0.186. The van der Waals surface area contributed by atoms with Gasteiger partial charge >= 0.3 is 0 Å². The van der Waals surface area contributed by atoms with Crippen molar-refractivity contribution >= 4 is 23.1 Å². The quantitative estimate of drug-likeness (QED) is 0.590. The van der Waals surface area contributed by atoms with Gasteiger partial charge in [0, 0.05) is 6.61 Å². The minimum absolute atomic E-state index is 0.0590. The van der Waals surface area contributed by atoms with Crippen LogP contribution < -0.4 is 11.1 Å². The molecule has 1 atom stereocenters. The Labute approximate surface area is 77.5 Å². The lowest BCUT2D eigenvalue weighted by Gasteiger charge is -2.11. The molecule has 0 bridgehead atoms. The van der Waals surface area contributed by atoms with Gasteiger partial charge in [-0.1, -0.05) is 12.2 Å². The average molecular weight is 190 g/mol. The third kappa shape index (κ3) is 5.03. The number of hydrogen-bond acceptors (Lipinski definition) is 3. The van der Waals surface area contributed by atoms with Crippen LogP contribution in [0, 0.1) is 0 Å². The van der Waals surface area contributed by atoms with E-state index in [2.05, 4.69) is 17.5 Å². The monoisotopic (exact) mass is 190 g/mol. The van der Waals surface area contributed by atoms with Crippen LogP contribution >= 0.6 is 12.2 Å². The second kappa shape index (κ2) is 5.91. The molecule has 0 saturated heterocycles. The van der Waals surface area contributed by atoms with Crippen LogP contribution in [0.2, 0.25) is 0 Å². The lowest BCUT2D eigenvalue weighted by molar-refractivity contribution is -0.125. The van der Waals surface area contributed by atoms with Gasteiger partial charge in [0.25, 0.3) is 0 Å². The molecule has 5 heteroatoms. The SMILES string of the molecule is CCOCC(=O)NC(C)C(N)=S. The van der Waals surface area contributed by atoms with Gasteiger partial charge in [0.05, 0.1) is 11.0 Å². The van der Waals surface area contributed by atoms with E-state index in [1.807, 2.05) is 6.92 Å². The summed E-state index contributed by atoms with van der Waals surface area (Å²) in [5.41, 5.74) is 5.29. The Hall–Kier alpha value is -0.680. The third-order valence-corrected chi connectivity index (χ3v) is 1.60. The van der Waals surface area contributed by atoms with Crippen LogP contribution in [-0.4, -0.2) is 30.2 Å². The molecule has 0 spiro atoms. The van der Waals surface area contributed by atoms with E-state index in [0.717, 1.165) is 0 Å². The van der Waals surface area contributed by atoms with E-state index in [9.17, 15) is 4.79 Å². The normalized spacial score (nSPS) is 12.2. The summed E-state index contributed by atoms with van der Waals surface area (Å²) in [6.45, 7) is 4.13. The number of amides is 1. The molecule has 0 aromatic heterocycles. The first-order valence-electron chi connectivity index (χ1n) is 3.74. The highest BCUT2D eigenvalue weighted by Gasteiger charge is 2.08. The number of nitrogens with one attached hydrogen (secondary N) is 1. The molecule has 0 aromatic carbocycles. The second-order valence-corrected chi connectivity index (χ2v) is 2.80. The van der Waals surface area contributed by atoms with Crippen LogP contribution in [0.25, 0.3) is 0 Å². The summed E-state index contributed by atoms with van der Waals surface area (Å²) in [5, 5.41) is 2.58. The second-order valence-electron chi connectivity index (χ2n) is 2.33. The molecule has 0 fully saturated rings. The number of thiocarbonyl (C=S) groups is 1. The molecular formula is C7H14N2O2S. The van der Waals surface area contributed by atoms with E-state index in [4.69, 9.17) is 10.5 Å². The van der Waals surface area contributed by atoms with Crippen LogP contribution in [-0.2, 0) is 9.53 Å². The standard InChI is InChI=1S/C7H14N2O2S/c1-3-11-4-6(10)9-5(2)7(8)12/h5H,3-4H2,1-2H3,(H2,8,12)(H,9,10). The summed E-state index contributed by atoms with van der Waals surface area (Å²) >= 11 is 4.67. The summed E-state index contributed by atoms with van der Waals surface area (Å²) in [6, 6.07) is -0.270. The molecule has 3 N–H and O–H groups in total. The highest BCUT2D eigenvalue weighted by atomic mass is 32.1. The van der Waals surface area contributed by atoms with E-state index in [1.54, 1.807) is 6.92 Å². The number of rotatable bonds is 5. The molecule has 1 unspecified atom stereocenters. The van der Waals surface area contributed by atoms with Crippen molar-refractivity contribution in [3.8, 4) is 0 Å². The summed E-state index contributed by atoms with van der Waals surface area (Å²) in [4.78, 5) is 11.2. The Balaban J connectivity index is 3.61. The topological polar surface area (TPSA) is 64.3 Å². The van der Waals surface area contributed by atoms with Crippen LogP contribution in [0.5, 0.6) is 0 Å². The molecular weight excluding hydrogens is 176 g/mol. The summed E-state index contributed by atoms with van der Waals surface area (Å²) < 4.78 is 4.88. The van der Waals surface area contributed by atoms with E-state index in [0.29, 0.717) is 6.61 Å². The van der Waals surface area contributed by atoms with Crippen molar-refractivity contribution < 1.29 is 9.53 Å². The number of carbonyl (C=O) groups excluding carboxylic acids is 1. The summed E-state index contributed by atoms with van der Waals surface area (Å²) in [7, 11) is 0. The molecule has 4 nitrogen and oxygen atoms in total. The van der Waals surface area contributed by atoms with Crippen molar-refractivity contribution in [3.05, 3.63) is 0 Å². The first kappa shape index (κ1) is 11.3. The van der Waals surface area contributed by atoms with E-state index >= 15 is 0 Å². The Morgan fingerprint density at radius 2 is 2.33 bits per heavy atom. The largest absolute Gasteiger partial charge is 0.392 e. The van der Waals surface area contributed by atoms with Crippen LogP contribution in [0.15, 0.2) is 0 Å². The number of carbonyl (C=O) groups is 1. The van der Waals surface area contributed by atoms with Crippen LogP contribution in [0.3, 0.4) is 0 Å². The van der Waals surface area contributed by atoms with Gasteiger partial charge in [-0.2, -0.15) is 0 Å². The molecule has 0 radical (unpaired) electrons. The molecule has 70 valence electrons. The molecule has 0 aromatic rings. The molecule has 0 aliphatic carbocycles. The maximum absolute atomic E-state index is 11.0. The summed E-state index contributed by atoms with van der Waals surface area (Å²) in [5.74, 6) is -0.197. The van der Waals surface area contributed by atoms with Gasteiger partial charge in [-0.15, -0.1) is 0 Å². The molecule has 0 aliphatic heterocycles. The van der Waals surface area contributed by atoms with Crippen molar-refractivity contribution in [1.82, 2.24) is 5.32 Å². The highest BCUT2D eigenvalue weighted by Crippen LogP contribution is 1.82. The van der Waals surface area contributed by atoms with E-state index < -0.39 is 0 Å². The van der Waals surface area contributed by atoms with Crippen molar-refractivity contribution in [2.24, 2.45) is 5.73 Å². The smallest absolute Gasteiger partial charge is 0.246 e. The van der Waals surface area contributed by atoms with Gasteiger partial charge in [0.15, 0.2) is 0 Å². The Morgan fingerprint density at radius 1 is 1.75 bits per heavy atom. The lowest BCUT2D eigenvalue weighted by atomic mass is 10.3. The number of nitrogens with two attached hydrogens (primary N) is 1. The van der Waals surface area contributed by atoms with Gasteiger partial charge in [0.1, 0.15) is 6.61 Å². The molecule has 12 heavy (non-hydrogen) atoms. The fourth-order valence-corrected chi connectivity index (χ4v) is 0.608. The van der Waals surface area contributed by atoms with Gasteiger partial charge in [-0.25, -0.2) is 0 Å². The zero-order chi connectivity index (χ0) is 9.56. The fourth-order valence-electron chi connectivity index (χ4n) is 0.549. The highest BCUT2D eigenvalue weighted by molar-refractivity contribution is 7.80. The van der Waals surface area contributed by atoms with Gasteiger partial charge < -0.3 is 15.8 Å². The predicted molar refractivity (Wildman–Crippen MR) is 50.9 cm³/mol. The minimum atomic E-state index is -0.270. The number of ether oxygens (including phenoxy) is 1. The van der Waals surface area contributed by atoms with Gasteiger partial charge in [-0.05, 0) is 13.8 Å². The Bertz CT molecular complexity index is 173. The minimum Gasteiger partial charge on any atom is -0.392 e. The third-order valence-electron chi connectivity index (χ3n) is 1.24. The van der Waals surface area contributed by atoms with Crippen molar-refractivity contribution in [3.63, 3.8) is 0 Å². The Morgan fingerprint density at radius 3 is 2.75 bits per heavy atom. The van der Waals surface area contributed by atoms with E-state index in [-0.39, 0.29) is 23.5 Å². The zero-order valence-electron chi connectivity index (χ0n) is 7.29. The molecule has 0 rings (SSSR count). The first-order valence-corrected chi connectivity index (χ1v) is 4.15. The maximum Gasteiger partial charge on any atom is 0.246 e. The van der Waals surface area contributed by atoms with Crippen molar-refractivity contribution in [2.45, 2.75) is 19.9 Å². The van der Waals surface area contributed by atoms with Crippen LogP contribution in [0.1, 0.15) is 13.8 Å². The average Bonchev–Trinajstić information content (AvgIpc) is 2.00.